The second kappa shape index (κ2) is 5.32. The van der Waals surface area contributed by atoms with Gasteiger partial charge in [-0.25, -0.2) is 13.2 Å². The molecular weight excluding hydrogens is 255 g/mol. The number of hydrogen-bond donors (Lipinski definition) is 1. The third-order valence-electron chi connectivity index (χ3n) is 2.53. The van der Waals surface area contributed by atoms with Crippen LogP contribution >= 0.6 is 0 Å². The van der Waals surface area contributed by atoms with Crippen LogP contribution in [0.3, 0.4) is 0 Å². The van der Waals surface area contributed by atoms with E-state index in [2.05, 4.69) is 0 Å². The zero-order valence-electron chi connectivity index (χ0n) is 10.2. The van der Waals surface area contributed by atoms with Crippen LogP contribution in [0.2, 0.25) is 0 Å². The van der Waals surface area contributed by atoms with Gasteiger partial charge in [-0.2, -0.15) is 0 Å². The van der Waals surface area contributed by atoms with Crippen molar-refractivity contribution < 1.29 is 17.9 Å². The van der Waals surface area contributed by atoms with Crippen LogP contribution < -0.4 is 10.5 Å². The van der Waals surface area contributed by atoms with Crippen LogP contribution in [0.25, 0.3) is 0 Å². The van der Waals surface area contributed by atoms with Crippen LogP contribution in [0.5, 0.6) is 11.5 Å². The summed E-state index contributed by atoms with van der Waals surface area (Å²) in [5.41, 5.74) is 5.82. The number of ether oxygens (including phenoxy) is 1. The highest BCUT2D eigenvalue weighted by Gasteiger charge is 2.14. The van der Waals surface area contributed by atoms with E-state index in [0.29, 0.717) is 0 Å². The lowest BCUT2D eigenvalue weighted by atomic mass is 10.1. The topological polar surface area (TPSA) is 35.2 Å². The second-order valence-electron chi connectivity index (χ2n) is 4.15. The predicted octanol–water partition coefficient (Wildman–Crippen LogP) is 3.92. The summed E-state index contributed by atoms with van der Waals surface area (Å²) in [7, 11) is 0. The molecule has 2 nitrogen and oxygen atoms in total. The molecule has 2 aromatic carbocycles. The quantitative estimate of drug-likeness (QED) is 0.914. The first-order valence-corrected chi connectivity index (χ1v) is 5.65. The summed E-state index contributed by atoms with van der Waals surface area (Å²) in [5.74, 6) is -1.98. The van der Waals surface area contributed by atoms with Gasteiger partial charge in [0.05, 0.1) is 0 Å². The van der Waals surface area contributed by atoms with Crippen molar-refractivity contribution in [2.75, 3.05) is 0 Å². The summed E-state index contributed by atoms with van der Waals surface area (Å²) in [5, 5.41) is 0. The molecule has 0 spiro atoms. The largest absolute Gasteiger partial charge is 0.457 e. The Balaban J connectivity index is 2.40. The Bertz CT molecular complexity index is 579. The van der Waals surface area contributed by atoms with E-state index in [9.17, 15) is 13.2 Å². The van der Waals surface area contributed by atoms with Crippen molar-refractivity contribution in [3.05, 3.63) is 59.4 Å². The van der Waals surface area contributed by atoms with Crippen LogP contribution in [0.4, 0.5) is 13.2 Å². The molecule has 0 bridgehead atoms. The molecule has 0 saturated heterocycles. The molecule has 2 rings (SSSR count). The van der Waals surface area contributed by atoms with Crippen molar-refractivity contribution in [3.8, 4) is 11.5 Å². The molecule has 0 amide bonds. The Kier molecular flexibility index (Phi) is 3.76. The SMILES string of the molecule is C[C@@H](N)c1c(F)cccc1Oc1cc(F)cc(F)c1. The fraction of sp³-hybridized carbons (Fsp3) is 0.143. The Morgan fingerprint density at radius 1 is 1.05 bits per heavy atom. The zero-order valence-corrected chi connectivity index (χ0v) is 10.2. The molecule has 0 unspecified atom stereocenters. The molecule has 2 N–H and O–H groups in total. The van der Waals surface area contributed by atoms with E-state index in [-0.39, 0.29) is 17.1 Å². The van der Waals surface area contributed by atoms with Crippen molar-refractivity contribution in [1.29, 1.82) is 0 Å². The average Bonchev–Trinajstić information content (AvgIpc) is 2.26. The lowest BCUT2D eigenvalue weighted by Crippen LogP contribution is -2.09. The molecule has 19 heavy (non-hydrogen) atoms. The van der Waals surface area contributed by atoms with Gasteiger partial charge in [-0.1, -0.05) is 6.07 Å². The van der Waals surface area contributed by atoms with E-state index in [4.69, 9.17) is 10.5 Å². The number of hydrogen-bond acceptors (Lipinski definition) is 2. The van der Waals surface area contributed by atoms with Crippen molar-refractivity contribution in [1.82, 2.24) is 0 Å². The van der Waals surface area contributed by atoms with Gasteiger partial charge in [0.1, 0.15) is 29.0 Å². The molecule has 0 saturated carbocycles. The fourth-order valence-corrected chi connectivity index (χ4v) is 1.76. The first kappa shape index (κ1) is 13.4. The summed E-state index contributed by atoms with van der Waals surface area (Å²) in [6.45, 7) is 1.59. The van der Waals surface area contributed by atoms with Gasteiger partial charge in [-0.15, -0.1) is 0 Å². The number of benzene rings is 2. The molecule has 5 heteroatoms. The number of rotatable bonds is 3. The van der Waals surface area contributed by atoms with Crippen molar-refractivity contribution in [3.63, 3.8) is 0 Å². The maximum Gasteiger partial charge on any atom is 0.135 e. The normalized spacial score (nSPS) is 12.3. The minimum atomic E-state index is -0.770. The van der Waals surface area contributed by atoms with Gasteiger partial charge in [-0.3, -0.25) is 0 Å². The minimum absolute atomic E-state index is 0.0509. The molecule has 0 radical (unpaired) electrons. The van der Waals surface area contributed by atoms with Gasteiger partial charge in [-0.05, 0) is 19.1 Å². The van der Waals surface area contributed by atoms with Gasteiger partial charge in [0, 0.05) is 29.8 Å². The Labute approximate surface area is 108 Å². The lowest BCUT2D eigenvalue weighted by molar-refractivity contribution is 0.450. The molecule has 2 aromatic rings. The standard InChI is InChI=1S/C14H12F3NO/c1-8(18)14-12(17)3-2-4-13(14)19-11-6-9(15)5-10(16)7-11/h2-8H,18H2,1H3/t8-/m1/s1. The van der Waals surface area contributed by atoms with E-state index >= 15 is 0 Å². The maximum absolute atomic E-state index is 13.7. The van der Waals surface area contributed by atoms with Gasteiger partial charge >= 0.3 is 0 Å². The van der Waals surface area contributed by atoms with Gasteiger partial charge < -0.3 is 10.5 Å². The molecule has 0 aliphatic carbocycles. The monoisotopic (exact) mass is 267 g/mol. The molecule has 100 valence electrons. The fourth-order valence-electron chi connectivity index (χ4n) is 1.76. The molecule has 0 aromatic heterocycles. The van der Waals surface area contributed by atoms with Crippen LogP contribution in [0, 0.1) is 17.5 Å². The van der Waals surface area contributed by atoms with Gasteiger partial charge in [0.2, 0.25) is 0 Å². The van der Waals surface area contributed by atoms with E-state index in [1.165, 1.54) is 18.2 Å². The third-order valence-corrected chi connectivity index (χ3v) is 2.53. The second-order valence-corrected chi connectivity index (χ2v) is 4.15. The maximum atomic E-state index is 13.7. The van der Waals surface area contributed by atoms with Crippen LogP contribution in [0.1, 0.15) is 18.5 Å². The number of nitrogens with two attached hydrogens (primary N) is 1. The first-order chi connectivity index (χ1) is 8.97. The summed E-state index contributed by atoms with van der Waals surface area (Å²) in [4.78, 5) is 0. The van der Waals surface area contributed by atoms with Crippen molar-refractivity contribution in [2.45, 2.75) is 13.0 Å². The van der Waals surface area contributed by atoms with Crippen LogP contribution in [0.15, 0.2) is 36.4 Å². The van der Waals surface area contributed by atoms with E-state index in [1.807, 2.05) is 0 Å². The summed E-state index contributed by atoms with van der Waals surface area (Å²) < 4.78 is 45.1. The highest BCUT2D eigenvalue weighted by Crippen LogP contribution is 2.31. The molecule has 0 aliphatic heterocycles. The summed E-state index contributed by atoms with van der Waals surface area (Å²) in [6.07, 6.45) is 0. The minimum Gasteiger partial charge on any atom is -0.457 e. The highest BCUT2D eigenvalue weighted by atomic mass is 19.1. The number of halogens is 3. The highest BCUT2D eigenvalue weighted by molar-refractivity contribution is 5.40. The molecule has 0 aliphatic rings. The summed E-state index contributed by atoms with van der Waals surface area (Å²) in [6, 6.07) is 6.33. The molecule has 0 heterocycles. The van der Waals surface area contributed by atoms with E-state index < -0.39 is 23.5 Å². The van der Waals surface area contributed by atoms with Gasteiger partial charge in [0.25, 0.3) is 0 Å². The van der Waals surface area contributed by atoms with Crippen molar-refractivity contribution in [2.24, 2.45) is 5.73 Å². The molecule has 0 fully saturated rings. The first-order valence-electron chi connectivity index (χ1n) is 5.65. The zero-order chi connectivity index (χ0) is 14.0. The Morgan fingerprint density at radius 2 is 1.68 bits per heavy atom. The predicted molar refractivity (Wildman–Crippen MR) is 65.4 cm³/mol. The van der Waals surface area contributed by atoms with Gasteiger partial charge in [0.15, 0.2) is 0 Å². The van der Waals surface area contributed by atoms with Crippen LogP contribution in [-0.2, 0) is 0 Å². The van der Waals surface area contributed by atoms with Crippen LogP contribution in [-0.4, -0.2) is 0 Å². The van der Waals surface area contributed by atoms with Crippen molar-refractivity contribution >= 4 is 0 Å². The lowest BCUT2D eigenvalue weighted by Gasteiger charge is -2.14. The summed E-state index contributed by atoms with van der Waals surface area (Å²) >= 11 is 0. The van der Waals surface area contributed by atoms with E-state index in [1.54, 1.807) is 6.92 Å². The molecular formula is C14H12F3NO. The molecule has 1 atom stereocenters. The Hall–Kier alpha value is -2.01. The Morgan fingerprint density at radius 3 is 2.26 bits per heavy atom. The third kappa shape index (κ3) is 3.06. The van der Waals surface area contributed by atoms with E-state index in [0.717, 1.165) is 18.2 Å². The smallest absolute Gasteiger partial charge is 0.135 e. The average molecular weight is 267 g/mol.